The highest BCUT2D eigenvalue weighted by Gasteiger charge is 2.20. The van der Waals surface area contributed by atoms with Crippen molar-refractivity contribution in [3.05, 3.63) is 60.7 Å². The molecule has 7 heteroatoms. The number of nitrogens with zero attached hydrogens (tertiary/aromatic N) is 4. The Balaban J connectivity index is 1.66. The van der Waals surface area contributed by atoms with Crippen molar-refractivity contribution in [2.24, 2.45) is 0 Å². The summed E-state index contributed by atoms with van der Waals surface area (Å²) in [6, 6.07) is 12.3. The minimum atomic E-state index is -0.288. The Morgan fingerprint density at radius 1 is 1.03 bits per heavy atom. The number of aromatic nitrogens is 4. The zero-order chi connectivity index (χ0) is 19.8. The van der Waals surface area contributed by atoms with Gasteiger partial charge in [-0.2, -0.15) is 0 Å². The molecule has 6 nitrogen and oxygen atoms in total. The molecule has 0 atom stereocenters. The van der Waals surface area contributed by atoms with Crippen LogP contribution in [0.1, 0.15) is 25.7 Å². The number of hydrogen-bond acceptors (Lipinski definition) is 5. The second-order valence-electron chi connectivity index (χ2n) is 7.36. The average Bonchev–Trinajstić information content (AvgIpc) is 3.37. The van der Waals surface area contributed by atoms with Crippen molar-refractivity contribution in [3.63, 3.8) is 0 Å². The van der Waals surface area contributed by atoms with Crippen LogP contribution < -0.4 is 11.1 Å². The summed E-state index contributed by atoms with van der Waals surface area (Å²) in [5.41, 5.74) is 10.4. The van der Waals surface area contributed by atoms with Gasteiger partial charge in [0.1, 0.15) is 5.82 Å². The van der Waals surface area contributed by atoms with Crippen LogP contribution in [0.25, 0.3) is 28.3 Å². The van der Waals surface area contributed by atoms with E-state index >= 15 is 0 Å². The van der Waals surface area contributed by atoms with Gasteiger partial charge in [-0.25, -0.2) is 19.3 Å². The molecule has 1 aromatic carbocycles. The van der Waals surface area contributed by atoms with Crippen LogP contribution in [0.2, 0.25) is 0 Å². The Kier molecular flexibility index (Phi) is 4.35. The lowest BCUT2D eigenvalue weighted by molar-refractivity contribution is 0.628. The van der Waals surface area contributed by atoms with E-state index in [1.54, 1.807) is 18.3 Å². The molecule has 0 bridgehead atoms. The van der Waals surface area contributed by atoms with Gasteiger partial charge in [-0.1, -0.05) is 12.8 Å². The number of imidazole rings is 1. The summed E-state index contributed by atoms with van der Waals surface area (Å²) in [6.45, 7) is 0. The molecule has 146 valence electrons. The van der Waals surface area contributed by atoms with E-state index in [1.165, 1.54) is 25.0 Å². The molecular weight excluding hydrogens is 367 g/mol. The standard InChI is InChI=1S/C22H21FN6/c23-15-9-7-14(8-10-15)19-20(29-13-3-6-17(24)21(29)28-19)18-11-12-25-22(27-18)26-16-4-1-2-5-16/h3,6-13,16H,1-2,4-5,24H2,(H,25,26,27). The fourth-order valence-electron chi connectivity index (χ4n) is 3.96. The van der Waals surface area contributed by atoms with Crippen molar-refractivity contribution in [2.75, 3.05) is 11.1 Å². The van der Waals surface area contributed by atoms with Gasteiger partial charge in [0, 0.05) is 24.0 Å². The molecule has 0 radical (unpaired) electrons. The lowest BCUT2D eigenvalue weighted by Crippen LogP contribution is -2.16. The van der Waals surface area contributed by atoms with Crippen molar-refractivity contribution in [3.8, 4) is 22.6 Å². The summed E-state index contributed by atoms with van der Waals surface area (Å²) < 4.78 is 15.4. The van der Waals surface area contributed by atoms with E-state index in [9.17, 15) is 4.39 Å². The molecule has 1 fully saturated rings. The Hall–Kier alpha value is -3.48. The monoisotopic (exact) mass is 388 g/mol. The van der Waals surface area contributed by atoms with Gasteiger partial charge in [0.25, 0.3) is 0 Å². The van der Waals surface area contributed by atoms with Gasteiger partial charge in [0.05, 0.1) is 22.8 Å². The molecule has 3 heterocycles. The number of nitrogens with two attached hydrogens (primary N) is 1. The number of rotatable bonds is 4. The Bertz CT molecular complexity index is 1160. The van der Waals surface area contributed by atoms with Gasteiger partial charge < -0.3 is 11.1 Å². The van der Waals surface area contributed by atoms with Gasteiger partial charge in [-0.15, -0.1) is 0 Å². The Morgan fingerprint density at radius 2 is 1.83 bits per heavy atom. The fourth-order valence-corrected chi connectivity index (χ4v) is 3.96. The van der Waals surface area contributed by atoms with E-state index in [4.69, 9.17) is 15.7 Å². The van der Waals surface area contributed by atoms with Gasteiger partial charge in [-0.3, -0.25) is 4.40 Å². The topological polar surface area (TPSA) is 81.1 Å². The van der Waals surface area contributed by atoms with E-state index in [2.05, 4.69) is 10.3 Å². The normalized spacial score (nSPS) is 14.5. The molecule has 3 aromatic heterocycles. The number of nitrogens with one attached hydrogen (secondary N) is 1. The number of halogens is 1. The first-order chi connectivity index (χ1) is 14.2. The molecule has 0 spiro atoms. The third-order valence-corrected chi connectivity index (χ3v) is 5.38. The van der Waals surface area contributed by atoms with E-state index < -0.39 is 0 Å². The maximum atomic E-state index is 13.5. The van der Waals surface area contributed by atoms with E-state index in [-0.39, 0.29) is 5.82 Å². The van der Waals surface area contributed by atoms with E-state index in [0.717, 1.165) is 29.8 Å². The molecule has 29 heavy (non-hydrogen) atoms. The zero-order valence-corrected chi connectivity index (χ0v) is 15.8. The molecule has 0 amide bonds. The van der Waals surface area contributed by atoms with Crippen molar-refractivity contribution in [1.82, 2.24) is 19.4 Å². The van der Waals surface area contributed by atoms with Crippen LogP contribution in [0.4, 0.5) is 16.0 Å². The number of hydrogen-bond donors (Lipinski definition) is 2. The third kappa shape index (κ3) is 3.29. The van der Waals surface area contributed by atoms with Crippen LogP contribution in [0.15, 0.2) is 54.9 Å². The smallest absolute Gasteiger partial charge is 0.223 e. The Labute approximate surface area is 167 Å². The molecule has 1 saturated carbocycles. The highest BCUT2D eigenvalue weighted by molar-refractivity contribution is 5.83. The minimum Gasteiger partial charge on any atom is -0.396 e. The number of fused-ring (bicyclic) bond motifs is 1. The van der Waals surface area contributed by atoms with Gasteiger partial charge in [-0.05, 0) is 55.3 Å². The average molecular weight is 388 g/mol. The van der Waals surface area contributed by atoms with Crippen LogP contribution >= 0.6 is 0 Å². The number of pyridine rings is 1. The molecule has 4 aromatic rings. The van der Waals surface area contributed by atoms with Crippen molar-refractivity contribution in [1.29, 1.82) is 0 Å². The molecule has 1 aliphatic carbocycles. The van der Waals surface area contributed by atoms with Crippen LogP contribution in [-0.4, -0.2) is 25.4 Å². The minimum absolute atomic E-state index is 0.288. The molecule has 5 rings (SSSR count). The third-order valence-electron chi connectivity index (χ3n) is 5.38. The summed E-state index contributed by atoms with van der Waals surface area (Å²) in [4.78, 5) is 13.9. The summed E-state index contributed by atoms with van der Waals surface area (Å²) >= 11 is 0. The second kappa shape index (κ2) is 7.16. The SMILES string of the molecule is Nc1cccn2c(-c3ccnc(NC4CCCC4)n3)c(-c3ccc(F)cc3)nc12. The number of benzene rings is 1. The first kappa shape index (κ1) is 17.6. The number of nitrogen functional groups attached to an aromatic ring is 1. The second-order valence-corrected chi connectivity index (χ2v) is 7.36. The largest absolute Gasteiger partial charge is 0.396 e. The van der Waals surface area contributed by atoms with Crippen molar-refractivity contribution >= 4 is 17.3 Å². The Morgan fingerprint density at radius 3 is 2.62 bits per heavy atom. The predicted octanol–water partition coefficient (Wildman–Crippen LogP) is 4.53. The highest BCUT2D eigenvalue weighted by atomic mass is 19.1. The molecule has 0 saturated heterocycles. The van der Waals surface area contributed by atoms with Crippen LogP contribution in [0.3, 0.4) is 0 Å². The maximum absolute atomic E-state index is 13.5. The highest BCUT2D eigenvalue weighted by Crippen LogP contribution is 2.33. The quantitative estimate of drug-likeness (QED) is 0.537. The first-order valence-electron chi connectivity index (χ1n) is 9.81. The number of anilines is 2. The molecule has 1 aliphatic rings. The summed E-state index contributed by atoms with van der Waals surface area (Å²) in [5, 5.41) is 3.44. The molecule has 0 unspecified atom stereocenters. The van der Waals surface area contributed by atoms with Crippen LogP contribution in [0, 0.1) is 5.82 Å². The van der Waals surface area contributed by atoms with Gasteiger partial charge in [0.15, 0.2) is 5.65 Å². The van der Waals surface area contributed by atoms with Crippen LogP contribution in [0.5, 0.6) is 0 Å². The van der Waals surface area contributed by atoms with Crippen LogP contribution in [-0.2, 0) is 0 Å². The molecule has 3 N–H and O–H groups in total. The lowest BCUT2D eigenvalue weighted by atomic mass is 10.1. The fraction of sp³-hybridized carbons (Fsp3) is 0.227. The predicted molar refractivity (Wildman–Crippen MR) is 112 cm³/mol. The van der Waals surface area contributed by atoms with Crippen molar-refractivity contribution in [2.45, 2.75) is 31.7 Å². The maximum Gasteiger partial charge on any atom is 0.223 e. The van der Waals surface area contributed by atoms with E-state index in [1.807, 2.05) is 28.8 Å². The van der Waals surface area contributed by atoms with Gasteiger partial charge >= 0.3 is 0 Å². The molecular formula is C22H21FN6. The molecule has 0 aliphatic heterocycles. The summed E-state index contributed by atoms with van der Waals surface area (Å²) in [6.07, 6.45) is 8.41. The lowest BCUT2D eigenvalue weighted by Gasteiger charge is -2.12. The van der Waals surface area contributed by atoms with Gasteiger partial charge in [0.2, 0.25) is 5.95 Å². The van der Waals surface area contributed by atoms with E-state index in [0.29, 0.717) is 29.0 Å². The van der Waals surface area contributed by atoms with Crippen molar-refractivity contribution < 1.29 is 4.39 Å². The first-order valence-corrected chi connectivity index (χ1v) is 9.81. The summed E-state index contributed by atoms with van der Waals surface area (Å²) in [5.74, 6) is 0.321. The zero-order valence-electron chi connectivity index (χ0n) is 15.8. The summed E-state index contributed by atoms with van der Waals surface area (Å²) in [7, 11) is 0.